The molecule has 0 heterocycles. The van der Waals surface area contributed by atoms with Gasteiger partial charge in [-0.2, -0.15) is 0 Å². The van der Waals surface area contributed by atoms with E-state index in [1.54, 1.807) is 6.92 Å². The van der Waals surface area contributed by atoms with Gasteiger partial charge in [0.05, 0.1) is 20.8 Å². The molecule has 1 rings (SSSR count). The van der Waals surface area contributed by atoms with Crippen molar-refractivity contribution in [2.45, 2.75) is 6.92 Å². The van der Waals surface area contributed by atoms with Crippen LogP contribution >= 0.6 is 0 Å². The summed E-state index contributed by atoms with van der Waals surface area (Å²) in [6, 6.07) is 1.99. The average Bonchev–Trinajstić information content (AvgIpc) is 2.36. The van der Waals surface area contributed by atoms with E-state index in [9.17, 15) is 14.0 Å². The van der Waals surface area contributed by atoms with Gasteiger partial charge in [0, 0.05) is 12.1 Å². The molecule has 0 radical (unpaired) electrons. The van der Waals surface area contributed by atoms with Crippen molar-refractivity contribution < 1.29 is 28.2 Å². The van der Waals surface area contributed by atoms with E-state index in [4.69, 9.17) is 9.47 Å². The zero-order chi connectivity index (χ0) is 13.7. The Balaban J connectivity index is 3.28. The number of carbonyl (C=O) groups is 2. The molecular weight excluding hydrogens is 243 g/mol. The van der Waals surface area contributed by atoms with Crippen LogP contribution in [0.25, 0.3) is 0 Å². The molecule has 1 aromatic rings. The van der Waals surface area contributed by atoms with Crippen LogP contribution in [0.3, 0.4) is 0 Å². The Labute approximate surface area is 103 Å². The van der Waals surface area contributed by atoms with Crippen molar-refractivity contribution in [3.63, 3.8) is 0 Å². The molecule has 0 aliphatic carbocycles. The van der Waals surface area contributed by atoms with Gasteiger partial charge in [0.25, 0.3) is 5.78 Å². The Morgan fingerprint density at radius 3 is 2.06 bits per heavy atom. The van der Waals surface area contributed by atoms with Crippen LogP contribution in [0.1, 0.15) is 17.3 Å². The van der Waals surface area contributed by atoms with Crippen LogP contribution in [-0.4, -0.2) is 32.6 Å². The zero-order valence-corrected chi connectivity index (χ0v) is 10.3. The number of ketones is 1. The molecule has 0 atom stereocenters. The molecule has 98 valence electrons. The molecule has 0 aliphatic heterocycles. The molecule has 0 aromatic heterocycles. The minimum atomic E-state index is -1.04. The van der Waals surface area contributed by atoms with E-state index < -0.39 is 17.6 Å². The molecule has 0 spiro atoms. The third-order valence-corrected chi connectivity index (χ3v) is 2.16. The van der Waals surface area contributed by atoms with Crippen molar-refractivity contribution in [1.29, 1.82) is 0 Å². The first-order chi connectivity index (χ1) is 8.54. The third kappa shape index (κ3) is 2.77. The SMILES string of the molecule is CCOC(=O)C(=O)c1c(OC)cc(F)cc1OC. The predicted octanol–water partition coefficient (Wildman–Crippen LogP) is 1.59. The molecule has 0 amide bonds. The molecule has 5 nitrogen and oxygen atoms in total. The van der Waals surface area contributed by atoms with Crippen molar-refractivity contribution in [1.82, 2.24) is 0 Å². The second kappa shape index (κ2) is 6.00. The molecule has 0 saturated carbocycles. The summed E-state index contributed by atoms with van der Waals surface area (Å²) in [7, 11) is 2.52. The molecular formula is C12H13FO5. The number of esters is 1. The predicted molar refractivity (Wildman–Crippen MR) is 60.5 cm³/mol. The summed E-state index contributed by atoms with van der Waals surface area (Å²) in [5.41, 5.74) is -0.153. The zero-order valence-electron chi connectivity index (χ0n) is 10.3. The van der Waals surface area contributed by atoms with Crippen LogP contribution in [0.15, 0.2) is 12.1 Å². The number of hydrogen-bond donors (Lipinski definition) is 0. The van der Waals surface area contributed by atoms with Crippen molar-refractivity contribution >= 4 is 11.8 Å². The lowest BCUT2D eigenvalue weighted by molar-refractivity contribution is -0.137. The van der Waals surface area contributed by atoms with Crippen molar-refractivity contribution in [2.75, 3.05) is 20.8 Å². The lowest BCUT2D eigenvalue weighted by Crippen LogP contribution is -2.19. The standard InChI is InChI=1S/C12H13FO5/c1-4-18-12(15)11(14)10-8(16-2)5-7(13)6-9(10)17-3/h5-6H,4H2,1-3H3. The van der Waals surface area contributed by atoms with Gasteiger partial charge in [-0.3, -0.25) is 4.79 Å². The maximum Gasteiger partial charge on any atom is 0.379 e. The van der Waals surface area contributed by atoms with Crippen LogP contribution in [0.2, 0.25) is 0 Å². The number of halogens is 1. The highest BCUT2D eigenvalue weighted by atomic mass is 19.1. The molecule has 6 heteroatoms. The van der Waals surface area contributed by atoms with E-state index in [-0.39, 0.29) is 23.7 Å². The molecule has 0 unspecified atom stereocenters. The van der Waals surface area contributed by atoms with Gasteiger partial charge in [-0.05, 0) is 6.92 Å². The van der Waals surface area contributed by atoms with Crippen molar-refractivity contribution in [3.8, 4) is 11.5 Å². The van der Waals surface area contributed by atoms with Crippen LogP contribution in [-0.2, 0) is 9.53 Å². The van der Waals surface area contributed by atoms with Crippen LogP contribution in [0.4, 0.5) is 4.39 Å². The minimum absolute atomic E-state index is 0.0659. The van der Waals surface area contributed by atoms with E-state index in [2.05, 4.69) is 4.74 Å². The van der Waals surface area contributed by atoms with Crippen LogP contribution in [0, 0.1) is 5.82 Å². The first kappa shape index (κ1) is 14.0. The third-order valence-electron chi connectivity index (χ3n) is 2.16. The molecule has 18 heavy (non-hydrogen) atoms. The highest BCUT2D eigenvalue weighted by Crippen LogP contribution is 2.30. The Hall–Kier alpha value is -2.11. The summed E-state index contributed by atoms with van der Waals surface area (Å²) in [4.78, 5) is 23.2. The summed E-state index contributed by atoms with van der Waals surface area (Å²) in [6.45, 7) is 1.64. The minimum Gasteiger partial charge on any atom is -0.496 e. The molecule has 0 aliphatic rings. The summed E-state index contributed by atoms with van der Waals surface area (Å²) < 4.78 is 27.5. The van der Waals surface area contributed by atoms with Crippen LogP contribution in [0.5, 0.6) is 11.5 Å². The van der Waals surface area contributed by atoms with Gasteiger partial charge in [0.2, 0.25) is 0 Å². The van der Waals surface area contributed by atoms with E-state index in [1.807, 2.05) is 0 Å². The molecule has 0 N–H and O–H groups in total. The summed E-state index contributed by atoms with van der Waals surface area (Å²) >= 11 is 0. The lowest BCUT2D eigenvalue weighted by atomic mass is 10.1. The summed E-state index contributed by atoms with van der Waals surface area (Å²) in [6.07, 6.45) is 0. The Kier molecular flexibility index (Phi) is 4.65. The highest BCUT2D eigenvalue weighted by molar-refractivity contribution is 6.42. The fourth-order valence-electron chi connectivity index (χ4n) is 1.40. The number of Topliss-reactive ketones (excluding diaryl/α,β-unsaturated/α-hetero) is 1. The smallest absolute Gasteiger partial charge is 0.379 e. The number of rotatable bonds is 5. The maximum absolute atomic E-state index is 13.2. The van der Waals surface area contributed by atoms with E-state index >= 15 is 0 Å². The molecule has 0 bridgehead atoms. The van der Waals surface area contributed by atoms with Crippen LogP contribution < -0.4 is 9.47 Å². The van der Waals surface area contributed by atoms with Gasteiger partial charge < -0.3 is 14.2 Å². The number of benzene rings is 1. The van der Waals surface area contributed by atoms with Crippen molar-refractivity contribution in [2.24, 2.45) is 0 Å². The van der Waals surface area contributed by atoms with Gasteiger partial charge in [-0.15, -0.1) is 0 Å². The Morgan fingerprint density at radius 2 is 1.67 bits per heavy atom. The Morgan fingerprint density at radius 1 is 1.17 bits per heavy atom. The van der Waals surface area contributed by atoms with Gasteiger partial charge in [-0.1, -0.05) is 0 Å². The molecule has 0 saturated heterocycles. The molecule has 0 fully saturated rings. The highest BCUT2D eigenvalue weighted by Gasteiger charge is 2.26. The van der Waals surface area contributed by atoms with Gasteiger partial charge in [0.1, 0.15) is 22.9 Å². The van der Waals surface area contributed by atoms with Gasteiger partial charge >= 0.3 is 5.97 Å². The normalized spacial score (nSPS) is 9.78. The summed E-state index contributed by atoms with van der Waals surface area (Å²) in [5.74, 6) is -2.77. The number of carbonyl (C=O) groups excluding carboxylic acids is 2. The quantitative estimate of drug-likeness (QED) is 0.455. The summed E-state index contributed by atoms with van der Waals surface area (Å²) in [5, 5.41) is 0. The van der Waals surface area contributed by atoms with Gasteiger partial charge in [0.15, 0.2) is 0 Å². The van der Waals surface area contributed by atoms with Gasteiger partial charge in [-0.25, -0.2) is 9.18 Å². The number of methoxy groups -OCH3 is 2. The van der Waals surface area contributed by atoms with E-state index in [1.165, 1.54) is 14.2 Å². The second-order valence-corrected chi connectivity index (χ2v) is 3.23. The van der Waals surface area contributed by atoms with E-state index in [0.717, 1.165) is 12.1 Å². The maximum atomic E-state index is 13.2. The fourth-order valence-corrected chi connectivity index (χ4v) is 1.40. The molecule has 1 aromatic carbocycles. The first-order valence-corrected chi connectivity index (χ1v) is 5.18. The average molecular weight is 256 g/mol. The largest absolute Gasteiger partial charge is 0.496 e. The fraction of sp³-hybridized carbons (Fsp3) is 0.333. The number of ether oxygens (including phenoxy) is 3. The second-order valence-electron chi connectivity index (χ2n) is 3.23. The van der Waals surface area contributed by atoms with Crippen molar-refractivity contribution in [3.05, 3.63) is 23.5 Å². The lowest BCUT2D eigenvalue weighted by Gasteiger charge is -2.11. The first-order valence-electron chi connectivity index (χ1n) is 5.18. The Bertz CT molecular complexity index is 445. The monoisotopic (exact) mass is 256 g/mol. The number of hydrogen-bond acceptors (Lipinski definition) is 5. The topological polar surface area (TPSA) is 61.8 Å². The van der Waals surface area contributed by atoms with E-state index in [0.29, 0.717) is 0 Å².